The van der Waals surface area contributed by atoms with Crippen molar-refractivity contribution in [2.75, 3.05) is 0 Å². The minimum Gasteiger partial charge on any atom is -0.508 e. The molecule has 1 N–H and O–H groups in total. The summed E-state index contributed by atoms with van der Waals surface area (Å²) in [6.07, 6.45) is 11.4. The van der Waals surface area contributed by atoms with Gasteiger partial charge < -0.3 is 9.84 Å². The van der Waals surface area contributed by atoms with E-state index in [4.69, 9.17) is 4.74 Å². The first-order chi connectivity index (χ1) is 11.3. The highest BCUT2D eigenvalue weighted by molar-refractivity contribution is 5.41. The predicted octanol–water partition coefficient (Wildman–Crippen LogP) is 6.62. The van der Waals surface area contributed by atoms with Gasteiger partial charge in [-0.1, -0.05) is 43.6 Å². The molecule has 2 heteroatoms. The molecule has 2 atom stereocenters. The molecule has 2 aliphatic rings. The summed E-state index contributed by atoms with van der Waals surface area (Å²) in [5, 5.41) is 10.3. The van der Waals surface area contributed by atoms with E-state index in [-0.39, 0.29) is 17.3 Å². The van der Waals surface area contributed by atoms with E-state index in [1.165, 1.54) is 30.4 Å². The average molecular weight is 331 g/mol. The van der Waals surface area contributed by atoms with Gasteiger partial charge in [-0.15, -0.1) is 0 Å². The smallest absolute Gasteiger partial charge is 0.127 e. The van der Waals surface area contributed by atoms with E-state index >= 15 is 0 Å². The fourth-order valence-electron chi connectivity index (χ4n) is 4.10. The monoisotopic (exact) mass is 330 g/mol. The van der Waals surface area contributed by atoms with Crippen LogP contribution < -0.4 is 0 Å². The van der Waals surface area contributed by atoms with Gasteiger partial charge in [-0.05, 0) is 59.5 Å². The highest BCUT2D eigenvalue weighted by Gasteiger charge is 2.45. The molecule has 0 aromatic heterocycles. The second kappa shape index (κ2) is 7.63. The quantitative estimate of drug-likeness (QED) is 0.337. The van der Waals surface area contributed by atoms with E-state index in [0.29, 0.717) is 5.92 Å². The lowest BCUT2D eigenvalue weighted by Crippen LogP contribution is -2.44. The molecule has 0 saturated carbocycles. The third-order valence-electron chi connectivity index (χ3n) is 5.48. The molecule has 2 nitrogen and oxygen atoms in total. The van der Waals surface area contributed by atoms with Crippen molar-refractivity contribution in [3.63, 3.8) is 0 Å². The summed E-state index contributed by atoms with van der Waals surface area (Å²) in [5.41, 5.74) is 3.36. The molecule has 24 heavy (non-hydrogen) atoms. The second-order valence-corrected chi connectivity index (χ2v) is 8.06. The summed E-state index contributed by atoms with van der Waals surface area (Å²) in [7, 11) is 0. The summed E-state index contributed by atoms with van der Waals surface area (Å²) >= 11 is 0. The molecule has 0 amide bonds. The van der Waals surface area contributed by atoms with Crippen LogP contribution >= 0.6 is 0 Å². The predicted molar refractivity (Wildman–Crippen MR) is 102 cm³/mol. The Bertz CT molecular complexity index is 575. The normalized spacial score (nSPS) is 26.5. The van der Waals surface area contributed by atoms with E-state index in [0.717, 1.165) is 30.6 Å². The SMILES string of the molecule is C=C(O)C1=C(/C=C(\C)CCCCC)OC(C)(C)[C@@H]2CCC(C)=C[C@@H]12. The van der Waals surface area contributed by atoms with Crippen LogP contribution in [0.5, 0.6) is 0 Å². The Balaban J connectivity index is 2.41. The van der Waals surface area contributed by atoms with Crippen LogP contribution in [0, 0.1) is 11.8 Å². The number of unbranched alkanes of at least 4 members (excludes halogenated alkanes) is 2. The molecular formula is C22H34O2. The standard InChI is InChI=1S/C22H34O2/c1-7-8-9-10-15(2)14-20-21(17(4)23)18-13-16(3)11-12-19(18)22(5,6)24-20/h13-14,18-19,23H,4,7-12H2,1-3,5-6H3/b15-14+/t18-,19-/m1/s1. The maximum atomic E-state index is 10.3. The zero-order valence-electron chi connectivity index (χ0n) is 16.1. The molecule has 0 fully saturated rings. The maximum Gasteiger partial charge on any atom is 0.127 e. The molecule has 1 heterocycles. The highest BCUT2D eigenvalue weighted by Crippen LogP contribution is 2.48. The van der Waals surface area contributed by atoms with Crippen LogP contribution in [0.3, 0.4) is 0 Å². The fraction of sp³-hybridized carbons (Fsp3) is 0.636. The van der Waals surface area contributed by atoms with Crippen molar-refractivity contribution < 1.29 is 9.84 Å². The lowest BCUT2D eigenvalue weighted by molar-refractivity contribution is -0.0475. The van der Waals surface area contributed by atoms with Gasteiger partial charge in [0.2, 0.25) is 0 Å². The van der Waals surface area contributed by atoms with Gasteiger partial charge in [-0.25, -0.2) is 0 Å². The van der Waals surface area contributed by atoms with Crippen molar-refractivity contribution in [1.82, 2.24) is 0 Å². The van der Waals surface area contributed by atoms with Crippen molar-refractivity contribution in [3.8, 4) is 0 Å². The number of hydrogen-bond acceptors (Lipinski definition) is 2. The highest BCUT2D eigenvalue weighted by atomic mass is 16.5. The van der Waals surface area contributed by atoms with E-state index in [9.17, 15) is 5.11 Å². The molecule has 0 unspecified atom stereocenters. The number of fused-ring (bicyclic) bond motifs is 1. The zero-order valence-corrected chi connectivity index (χ0v) is 16.1. The van der Waals surface area contributed by atoms with E-state index in [1.54, 1.807) is 0 Å². The number of aliphatic hydroxyl groups excluding tert-OH is 1. The van der Waals surface area contributed by atoms with Crippen LogP contribution in [0.1, 0.15) is 73.1 Å². The lowest BCUT2D eigenvalue weighted by Gasteiger charge is -2.46. The molecule has 0 spiro atoms. The van der Waals surface area contributed by atoms with Gasteiger partial charge in [-0.3, -0.25) is 0 Å². The number of aliphatic hydroxyl groups is 1. The molecular weight excluding hydrogens is 296 g/mol. The fourth-order valence-corrected chi connectivity index (χ4v) is 4.10. The number of ether oxygens (including phenoxy) is 1. The Morgan fingerprint density at radius 1 is 1.42 bits per heavy atom. The maximum absolute atomic E-state index is 10.3. The molecule has 1 aliphatic carbocycles. The largest absolute Gasteiger partial charge is 0.508 e. The first-order valence-electron chi connectivity index (χ1n) is 9.42. The molecule has 2 rings (SSSR count). The van der Waals surface area contributed by atoms with Crippen LogP contribution in [0.25, 0.3) is 0 Å². The summed E-state index contributed by atoms with van der Waals surface area (Å²) in [6, 6.07) is 0. The zero-order chi connectivity index (χ0) is 17.9. The second-order valence-electron chi connectivity index (χ2n) is 8.06. The Labute approximate surface area is 148 Å². The average Bonchev–Trinajstić information content (AvgIpc) is 2.45. The third kappa shape index (κ3) is 4.15. The van der Waals surface area contributed by atoms with Crippen LogP contribution in [-0.4, -0.2) is 10.7 Å². The Kier molecular flexibility index (Phi) is 6.01. The van der Waals surface area contributed by atoms with Gasteiger partial charge in [0.25, 0.3) is 0 Å². The Hall–Kier alpha value is -1.44. The molecule has 134 valence electrons. The van der Waals surface area contributed by atoms with Crippen molar-refractivity contribution in [3.05, 3.63) is 47.0 Å². The lowest BCUT2D eigenvalue weighted by atomic mass is 9.67. The van der Waals surface area contributed by atoms with Crippen LogP contribution in [-0.2, 0) is 4.74 Å². The van der Waals surface area contributed by atoms with Gasteiger partial charge in [0.05, 0.1) is 0 Å². The summed E-state index contributed by atoms with van der Waals surface area (Å²) < 4.78 is 6.38. The van der Waals surface area contributed by atoms with Gasteiger partial charge >= 0.3 is 0 Å². The van der Waals surface area contributed by atoms with Crippen LogP contribution in [0.4, 0.5) is 0 Å². The van der Waals surface area contributed by atoms with Gasteiger partial charge in [0.15, 0.2) is 0 Å². The summed E-state index contributed by atoms with van der Waals surface area (Å²) in [4.78, 5) is 0. The molecule has 0 aromatic carbocycles. The van der Waals surface area contributed by atoms with Crippen molar-refractivity contribution in [2.45, 2.75) is 78.7 Å². The molecule has 0 saturated heterocycles. The van der Waals surface area contributed by atoms with Crippen LogP contribution in [0.15, 0.2) is 47.0 Å². The number of rotatable bonds is 6. The minimum absolute atomic E-state index is 0.152. The first-order valence-corrected chi connectivity index (χ1v) is 9.42. The first kappa shape index (κ1) is 18.9. The topological polar surface area (TPSA) is 29.5 Å². The molecule has 0 aromatic rings. The number of hydrogen-bond donors (Lipinski definition) is 1. The summed E-state index contributed by atoms with van der Waals surface area (Å²) in [5.74, 6) is 1.56. The minimum atomic E-state index is -0.226. The van der Waals surface area contributed by atoms with Crippen molar-refractivity contribution in [2.24, 2.45) is 11.8 Å². The molecule has 0 radical (unpaired) electrons. The third-order valence-corrected chi connectivity index (χ3v) is 5.48. The Morgan fingerprint density at radius 2 is 2.12 bits per heavy atom. The molecule has 0 bridgehead atoms. The van der Waals surface area contributed by atoms with E-state index in [1.807, 2.05) is 0 Å². The van der Waals surface area contributed by atoms with Crippen molar-refractivity contribution >= 4 is 0 Å². The van der Waals surface area contributed by atoms with E-state index < -0.39 is 0 Å². The molecule has 1 aliphatic heterocycles. The van der Waals surface area contributed by atoms with Gasteiger partial charge in [0, 0.05) is 17.4 Å². The summed E-state index contributed by atoms with van der Waals surface area (Å²) in [6.45, 7) is 14.8. The van der Waals surface area contributed by atoms with Crippen LogP contribution in [0.2, 0.25) is 0 Å². The number of allylic oxidation sites excluding steroid dienone is 5. The van der Waals surface area contributed by atoms with Gasteiger partial charge in [0.1, 0.15) is 17.1 Å². The van der Waals surface area contributed by atoms with Crippen molar-refractivity contribution in [1.29, 1.82) is 0 Å². The van der Waals surface area contributed by atoms with E-state index in [2.05, 4.69) is 53.3 Å². The van der Waals surface area contributed by atoms with Gasteiger partial charge in [-0.2, -0.15) is 0 Å². The Morgan fingerprint density at radius 3 is 2.75 bits per heavy atom.